The summed E-state index contributed by atoms with van der Waals surface area (Å²) in [6, 6.07) is 0.534. The standard InChI is InChI=1S/C13H22N4S/c1-9-12(14-2)15-8-16-13(9)17-10-6-4-5-7-11(10)18-3/h8,10-11H,4-7H2,1-3H3,(H2,14,15,16,17). The van der Waals surface area contributed by atoms with E-state index in [0.29, 0.717) is 11.3 Å². The van der Waals surface area contributed by atoms with Crippen molar-refractivity contribution >= 4 is 23.4 Å². The Kier molecular flexibility index (Phi) is 4.69. The number of nitrogens with zero attached hydrogens (tertiary/aromatic N) is 2. The molecule has 1 aliphatic rings. The van der Waals surface area contributed by atoms with Gasteiger partial charge in [0, 0.05) is 23.9 Å². The Morgan fingerprint density at radius 2 is 1.94 bits per heavy atom. The van der Waals surface area contributed by atoms with Crippen molar-refractivity contribution in [3.8, 4) is 0 Å². The number of anilines is 2. The number of thioether (sulfide) groups is 1. The maximum atomic E-state index is 4.38. The Hall–Kier alpha value is -0.970. The highest BCUT2D eigenvalue weighted by Gasteiger charge is 2.25. The van der Waals surface area contributed by atoms with E-state index in [9.17, 15) is 0 Å². The summed E-state index contributed by atoms with van der Waals surface area (Å²) in [7, 11) is 1.89. The molecule has 0 saturated heterocycles. The molecule has 0 spiro atoms. The highest BCUT2D eigenvalue weighted by atomic mass is 32.2. The van der Waals surface area contributed by atoms with E-state index in [0.717, 1.165) is 17.2 Å². The van der Waals surface area contributed by atoms with Gasteiger partial charge in [-0.1, -0.05) is 12.8 Å². The summed E-state index contributed by atoms with van der Waals surface area (Å²) in [6.07, 6.45) is 9.05. The fourth-order valence-electron chi connectivity index (χ4n) is 2.57. The summed E-state index contributed by atoms with van der Waals surface area (Å²) in [5.41, 5.74) is 1.10. The second-order valence-corrected chi connectivity index (χ2v) is 5.83. The monoisotopic (exact) mass is 266 g/mol. The first-order valence-corrected chi connectivity index (χ1v) is 7.83. The van der Waals surface area contributed by atoms with Crippen LogP contribution >= 0.6 is 11.8 Å². The predicted octanol–water partition coefficient (Wildman–Crippen LogP) is 2.91. The van der Waals surface area contributed by atoms with Gasteiger partial charge in [-0.15, -0.1) is 0 Å². The fourth-order valence-corrected chi connectivity index (χ4v) is 3.50. The zero-order chi connectivity index (χ0) is 13.0. The highest BCUT2D eigenvalue weighted by molar-refractivity contribution is 7.99. The second-order valence-electron chi connectivity index (χ2n) is 4.76. The predicted molar refractivity (Wildman–Crippen MR) is 79.5 cm³/mol. The van der Waals surface area contributed by atoms with Gasteiger partial charge in [-0.05, 0) is 26.0 Å². The quantitative estimate of drug-likeness (QED) is 0.877. The third-order valence-corrected chi connectivity index (χ3v) is 4.82. The Labute approximate surface area is 113 Å². The molecular formula is C13H22N4S. The Morgan fingerprint density at radius 3 is 2.67 bits per heavy atom. The van der Waals surface area contributed by atoms with Crippen molar-refractivity contribution < 1.29 is 0 Å². The minimum Gasteiger partial charge on any atom is -0.373 e. The van der Waals surface area contributed by atoms with Gasteiger partial charge >= 0.3 is 0 Å². The van der Waals surface area contributed by atoms with Crippen molar-refractivity contribution in [2.45, 2.75) is 43.9 Å². The molecule has 1 heterocycles. The molecule has 2 atom stereocenters. The summed E-state index contributed by atoms with van der Waals surface area (Å²) in [6.45, 7) is 2.06. The average molecular weight is 266 g/mol. The molecule has 100 valence electrons. The van der Waals surface area contributed by atoms with Crippen LogP contribution in [-0.4, -0.2) is 34.6 Å². The Morgan fingerprint density at radius 1 is 1.22 bits per heavy atom. The minimum absolute atomic E-state index is 0.534. The molecule has 18 heavy (non-hydrogen) atoms. The molecule has 2 unspecified atom stereocenters. The lowest BCUT2D eigenvalue weighted by Gasteiger charge is -2.31. The first-order chi connectivity index (χ1) is 8.76. The number of nitrogens with one attached hydrogen (secondary N) is 2. The van der Waals surface area contributed by atoms with E-state index in [1.807, 2.05) is 18.8 Å². The van der Waals surface area contributed by atoms with Crippen LogP contribution in [0, 0.1) is 6.92 Å². The van der Waals surface area contributed by atoms with Crippen molar-refractivity contribution in [1.29, 1.82) is 0 Å². The van der Waals surface area contributed by atoms with Crippen LogP contribution in [0.1, 0.15) is 31.2 Å². The van der Waals surface area contributed by atoms with Crippen LogP contribution in [0.5, 0.6) is 0 Å². The van der Waals surface area contributed by atoms with Crippen molar-refractivity contribution in [2.24, 2.45) is 0 Å². The number of hydrogen-bond acceptors (Lipinski definition) is 5. The van der Waals surface area contributed by atoms with Gasteiger partial charge in [0.05, 0.1) is 0 Å². The van der Waals surface area contributed by atoms with Crippen LogP contribution in [0.4, 0.5) is 11.6 Å². The summed E-state index contributed by atoms with van der Waals surface area (Å²) >= 11 is 1.97. The smallest absolute Gasteiger partial charge is 0.134 e. The highest BCUT2D eigenvalue weighted by Crippen LogP contribution is 2.30. The van der Waals surface area contributed by atoms with Crippen LogP contribution in [0.15, 0.2) is 6.33 Å². The molecule has 0 aliphatic heterocycles. The van der Waals surface area contributed by atoms with Gasteiger partial charge in [-0.25, -0.2) is 9.97 Å². The summed E-state index contributed by atoms with van der Waals surface area (Å²) in [5, 5.41) is 7.41. The number of hydrogen-bond donors (Lipinski definition) is 2. The van der Waals surface area contributed by atoms with Crippen LogP contribution in [0.3, 0.4) is 0 Å². The molecule has 1 aliphatic carbocycles. The summed E-state index contributed by atoms with van der Waals surface area (Å²) in [4.78, 5) is 8.60. The van der Waals surface area contributed by atoms with E-state index in [1.54, 1.807) is 6.33 Å². The van der Waals surface area contributed by atoms with Crippen LogP contribution < -0.4 is 10.6 Å². The van der Waals surface area contributed by atoms with Crippen LogP contribution in [-0.2, 0) is 0 Å². The van der Waals surface area contributed by atoms with Gasteiger partial charge < -0.3 is 10.6 Å². The maximum Gasteiger partial charge on any atom is 0.134 e. The van der Waals surface area contributed by atoms with Crippen molar-refractivity contribution in [1.82, 2.24) is 9.97 Å². The Balaban J connectivity index is 2.12. The third kappa shape index (κ3) is 2.88. The van der Waals surface area contributed by atoms with Crippen LogP contribution in [0.2, 0.25) is 0 Å². The first-order valence-electron chi connectivity index (χ1n) is 6.55. The third-order valence-electron chi connectivity index (χ3n) is 3.65. The number of aromatic nitrogens is 2. The lowest BCUT2D eigenvalue weighted by Crippen LogP contribution is -2.34. The molecule has 1 fully saturated rings. The average Bonchev–Trinajstić information content (AvgIpc) is 2.42. The zero-order valence-electron chi connectivity index (χ0n) is 11.4. The Bertz CT molecular complexity index is 397. The van der Waals surface area contributed by atoms with Gasteiger partial charge in [-0.3, -0.25) is 0 Å². The molecule has 0 amide bonds. The molecule has 2 rings (SSSR count). The number of rotatable bonds is 4. The van der Waals surface area contributed by atoms with E-state index >= 15 is 0 Å². The van der Waals surface area contributed by atoms with Gasteiger partial charge in [-0.2, -0.15) is 11.8 Å². The first kappa shape index (κ1) is 13.5. The van der Waals surface area contributed by atoms with Gasteiger partial charge in [0.25, 0.3) is 0 Å². The zero-order valence-corrected chi connectivity index (χ0v) is 12.2. The van der Waals surface area contributed by atoms with Crippen molar-refractivity contribution in [3.05, 3.63) is 11.9 Å². The fraction of sp³-hybridized carbons (Fsp3) is 0.692. The molecule has 0 radical (unpaired) electrons. The minimum atomic E-state index is 0.534. The molecule has 1 aromatic heterocycles. The van der Waals surface area contributed by atoms with Gasteiger partial charge in [0.15, 0.2) is 0 Å². The lowest BCUT2D eigenvalue weighted by molar-refractivity contribution is 0.474. The van der Waals surface area contributed by atoms with E-state index in [-0.39, 0.29) is 0 Å². The van der Waals surface area contributed by atoms with E-state index in [4.69, 9.17) is 0 Å². The molecule has 0 aromatic carbocycles. The molecule has 1 saturated carbocycles. The maximum absolute atomic E-state index is 4.38. The van der Waals surface area contributed by atoms with Crippen LogP contribution in [0.25, 0.3) is 0 Å². The lowest BCUT2D eigenvalue weighted by atomic mass is 9.95. The van der Waals surface area contributed by atoms with E-state index < -0.39 is 0 Å². The summed E-state index contributed by atoms with van der Waals surface area (Å²) < 4.78 is 0. The van der Waals surface area contributed by atoms with Crippen molar-refractivity contribution in [3.63, 3.8) is 0 Å². The van der Waals surface area contributed by atoms with Gasteiger partial charge in [0.1, 0.15) is 18.0 Å². The molecule has 0 bridgehead atoms. The van der Waals surface area contributed by atoms with Gasteiger partial charge in [0.2, 0.25) is 0 Å². The molecule has 2 N–H and O–H groups in total. The molecule has 5 heteroatoms. The van der Waals surface area contributed by atoms with E-state index in [1.165, 1.54) is 25.7 Å². The normalized spacial score (nSPS) is 23.7. The van der Waals surface area contributed by atoms with E-state index in [2.05, 4.69) is 33.8 Å². The molecule has 1 aromatic rings. The van der Waals surface area contributed by atoms with Crippen molar-refractivity contribution in [2.75, 3.05) is 23.9 Å². The molecular weight excluding hydrogens is 244 g/mol. The second kappa shape index (κ2) is 6.27. The largest absolute Gasteiger partial charge is 0.373 e. The topological polar surface area (TPSA) is 49.8 Å². The SMILES string of the molecule is CNc1ncnc(NC2CCCCC2SC)c1C. The molecule has 4 nitrogen and oxygen atoms in total. The summed E-state index contributed by atoms with van der Waals surface area (Å²) in [5.74, 6) is 1.88.